The lowest BCUT2D eigenvalue weighted by Crippen LogP contribution is -2.33. The Morgan fingerprint density at radius 2 is 1.96 bits per heavy atom. The number of likely N-dealkylation sites (tertiary alicyclic amines) is 1. The Labute approximate surface area is 134 Å². The van der Waals surface area contributed by atoms with Crippen LogP contribution in [0.3, 0.4) is 0 Å². The van der Waals surface area contributed by atoms with Crippen LogP contribution in [0.4, 0.5) is 24.0 Å². The van der Waals surface area contributed by atoms with Crippen molar-refractivity contribution in [1.82, 2.24) is 15.1 Å². The predicted molar refractivity (Wildman–Crippen MR) is 76.9 cm³/mol. The van der Waals surface area contributed by atoms with E-state index in [-0.39, 0.29) is 37.8 Å². The molecule has 4 rings (SSSR count). The van der Waals surface area contributed by atoms with Crippen LogP contribution in [0.2, 0.25) is 0 Å². The first kappa shape index (κ1) is 15.0. The van der Waals surface area contributed by atoms with Gasteiger partial charge < -0.3 is 9.32 Å². The van der Waals surface area contributed by atoms with Crippen molar-refractivity contribution in [2.45, 2.75) is 18.8 Å². The molecule has 0 radical (unpaired) electrons. The molecule has 2 aliphatic rings. The number of anilines is 1. The summed E-state index contributed by atoms with van der Waals surface area (Å²) in [7, 11) is 0. The second-order valence-electron chi connectivity index (χ2n) is 6.18. The van der Waals surface area contributed by atoms with Crippen LogP contribution in [0, 0.1) is 11.2 Å². The number of hydrogen-bond acceptors (Lipinski definition) is 4. The smallest absolute Gasteiger partial charge is 0.325 e. The van der Waals surface area contributed by atoms with E-state index >= 15 is 0 Å². The lowest BCUT2D eigenvalue weighted by molar-refractivity contribution is 0.0678. The van der Waals surface area contributed by atoms with Crippen LogP contribution in [-0.2, 0) is 0 Å². The SMILES string of the molecule is O=C(Nc1nnc(-c2ccc(F)cc2)o1)N1CCC2(C1)CC2(F)F. The monoisotopic (exact) mass is 338 g/mol. The lowest BCUT2D eigenvalue weighted by Gasteiger charge is -2.15. The Balaban J connectivity index is 1.41. The highest BCUT2D eigenvalue weighted by Gasteiger charge is 2.73. The van der Waals surface area contributed by atoms with Crippen LogP contribution in [0.5, 0.6) is 0 Å². The zero-order chi connectivity index (χ0) is 16.9. The molecule has 1 aliphatic carbocycles. The minimum atomic E-state index is -2.68. The van der Waals surface area contributed by atoms with Gasteiger partial charge in [-0.3, -0.25) is 5.32 Å². The number of urea groups is 1. The fourth-order valence-electron chi connectivity index (χ4n) is 3.02. The van der Waals surface area contributed by atoms with Crippen molar-refractivity contribution >= 4 is 12.0 Å². The van der Waals surface area contributed by atoms with Crippen LogP contribution in [0.1, 0.15) is 12.8 Å². The Kier molecular flexibility index (Phi) is 3.09. The lowest BCUT2D eigenvalue weighted by atomic mass is 10.1. The summed E-state index contributed by atoms with van der Waals surface area (Å²) >= 11 is 0. The molecule has 1 spiro atoms. The average Bonchev–Trinajstić information content (AvgIpc) is 2.95. The van der Waals surface area contributed by atoms with Gasteiger partial charge in [0.05, 0.1) is 5.41 Å². The van der Waals surface area contributed by atoms with Crippen molar-refractivity contribution in [3.63, 3.8) is 0 Å². The van der Waals surface area contributed by atoms with E-state index in [1.54, 1.807) is 0 Å². The normalized spacial score (nSPS) is 24.4. The summed E-state index contributed by atoms with van der Waals surface area (Å²) in [6, 6.07) is 4.74. The van der Waals surface area contributed by atoms with E-state index in [2.05, 4.69) is 15.5 Å². The van der Waals surface area contributed by atoms with Gasteiger partial charge in [0.25, 0.3) is 5.92 Å². The quantitative estimate of drug-likeness (QED) is 0.913. The van der Waals surface area contributed by atoms with E-state index in [4.69, 9.17) is 4.42 Å². The Bertz CT molecular complexity index is 792. The highest BCUT2D eigenvalue weighted by Crippen LogP contribution is 2.65. The van der Waals surface area contributed by atoms with Crippen LogP contribution >= 0.6 is 0 Å². The molecular weight excluding hydrogens is 325 g/mol. The summed E-state index contributed by atoms with van der Waals surface area (Å²) in [5, 5.41) is 9.86. The summed E-state index contributed by atoms with van der Waals surface area (Å²) in [5.41, 5.74) is -0.555. The molecule has 1 aromatic carbocycles. The molecule has 2 heterocycles. The van der Waals surface area contributed by atoms with Gasteiger partial charge in [0, 0.05) is 25.1 Å². The molecule has 6 nitrogen and oxygen atoms in total. The number of hydrogen-bond donors (Lipinski definition) is 1. The molecule has 1 saturated heterocycles. The molecule has 126 valence electrons. The number of halogens is 3. The van der Waals surface area contributed by atoms with E-state index in [0.29, 0.717) is 5.56 Å². The maximum Gasteiger partial charge on any atom is 0.325 e. The minimum absolute atomic E-state index is 0.0186. The van der Waals surface area contributed by atoms with Crippen molar-refractivity contribution in [3.8, 4) is 11.5 Å². The second-order valence-corrected chi connectivity index (χ2v) is 6.18. The maximum absolute atomic E-state index is 13.3. The highest BCUT2D eigenvalue weighted by molar-refractivity contribution is 5.87. The molecule has 1 aliphatic heterocycles. The first-order valence-electron chi connectivity index (χ1n) is 7.42. The van der Waals surface area contributed by atoms with Gasteiger partial charge in [0.1, 0.15) is 5.82 Å². The predicted octanol–water partition coefficient (Wildman–Crippen LogP) is 3.14. The number of aromatic nitrogens is 2. The number of amides is 2. The van der Waals surface area contributed by atoms with Gasteiger partial charge in [-0.25, -0.2) is 18.0 Å². The van der Waals surface area contributed by atoms with Gasteiger partial charge in [-0.2, -0.15) is 0 Å². The van der Waals surface area contributed by atoms with Crippen LogP contribution in [0.25, 0.3) is 11.5 Å². The molecule has 1 saturated carbocycles. The third kappa shape index (κ3) is 2.40. The number of alkyl halides is 2. The van der Waals surface area contributed by atoms with Gasteiger partial charge in [-0.15, -0.1) is 5.10 Å². The van der Waals surface area contributed by atoms with Gasteiger partial charge in [-0.1, -0.05) is 5.10 Å². The van der Waals surface area contributed by atoms with Crippen LogP contribution in [0.15, 0.2) is 28.7 Å². The number of rotatable bonds is 2. The average molecular weight is 338 g/mol. The van der Waals surface area contributed by atoms with Crippen molar-refractivity contribution in [3.05, 3.63) is 30.1 Å². The van der Waals surface area contributed by atoms with E-state index in [1.165, 1.54) is 29.2 Å². The summed E-state index contributed by atoms with van der Waals surface area (Å²) in [6.07, 6.45) is 0.122. The van der Waals surface area contributed by atoms with Crippen molar-refractivity contribution in [1.29, 1.82) is 0 Å². The van der Waals surface area contributed by atoms with Crippen LogP contribution < -0.4 is 5.32 Å². The van der Waals surface area contributed by atoms with Crippen molar-refractivity contribution in [2.24, 2.45) is 5.41 Å². The van der Waals surface area contributed by atoms with Crippen molar-refractivity contribution < 1.29 is 22.4 Å². The van der Waals surface area contributed by atoms with E-state index < -0.39 is 23.2 Å². The molecule has 1 unspecified atom stereocenters. The molecule has 1 atom stereocenters. The number of benzene rings is 1. The molecule has 9 heteroatoms. The maximum atomic E-state index is 13.3. The number of carbonyl (C=O) groups excluding carboxylic acids is 1. The molecule has 2 amide bonds. The van der Waals surface area contributed by atoms with Gasteiger partial charge >= 0.3 is 12.0 Å². The molecule has 2 fully saturated rings. The van der Waals surface area contributed by atoms with Gasteiger partial charge in [0.15, 0.2) is 0 Å². The molecule has 0 bridgehead atoms. The summed E-state index contributed by atoms with van der Waals surface area (Å²) in [6.45, 7) is 0.283. The Morgan fingerprint density at radius 3 is 2.58 bits per heavy atom. The Hall–Kier alpha value is -2.58. The fourth-order valence-corrected chi connectivity index (χ4v) is 3.02. The number of nitrogens with zero attached hydrogens (tertiary/aromatic N) is 3. The second kappa shape index (κ2) is 4.96. The highest BCUT2D eigenvalue weighted by atomic mass is 19.3. The van der Waals surface area contributed by atoms with Gasteiger partial charge in [-0.05, 0) is 30.7 Å². The van der Waals surface area contributed by atoms with E-state index in [0.717, 1.165) is 0 Å². The third-order valence-corrected chi connectivity index (χ3v) is 4.58. The summed E-state index contributed by atoms with van der Waals surface area (Å²) in [5.74, 6) is -2.95. The summed E-state index contributed by atoms with van der Waals surface area (Å²) in [4.78, 5) is 13.4. The first-order chi connectivity index (χ1) is 11.4. The molecule has 1 N–H and O–H groups in total. The Morgan fingerprint density at radius 1 is 1.25 bits per heavy atom. The number of nitrogens with one attached hydrogen (secondary N) is 1. The zero-order valence-corrected chi connectivity index (χ0v) is 12.4. The minimum Gasteiger partial charge on any atom is -0.403 e. The standard InChI is InChI=1S/C15H13F3N4O2/c16-10-3-1-9(2-4-10)11-20-21-12(24-11)19-13(23)22-6-5-14(8-22)7-15(14,17)18/h1-4H,5-8H2,(H,19,21,23). The fraction of sp³-hybridized carbons (Fsp3) is 0.400. The molecule has 1 aromatic heterocycles. The largest absolute Gasteiger partial charge is 0.403 e. The van der Waals surface area contributed by atoms with E-state index in [1.807, 2.05) is 0 Å². The number of carbonyl (C=O) groups is 1. The third-order valence-electron chi connectivity index (χ3n) is 4.58. The topological polar surface area (TPSA) is 71.3 Å². The molecular formula is C15H13F3N4O2. The zero-order valence-electron chi connectivity index (χ0n) is 12.4. The van der Waals surface area contributed by atoms with Crippen molar-refractivity contribution in [2.75, 3.05) is 18.4 Å². The first-order valence-corrected chi connectivity index (χ1v) is 7.42. The summed E-state index contributed by atoms with van der Waals surface area (Å²) < 4.78 is 44.9. The molecule has 24 heavy (non-hydrogen) atoms. The van der Waals surface area contributed by atoms with Gasteiger partial charge in [0.2, 0.25) is 5.89 Å². The van der Waals surface area contributed by atoms with Crippen LogP contribution in [-0.4, -0.2) is 40.1 Å². The van der Waals surface area contributed by atoms with E-state index in [9.17, 15) is 18.0 Å². The molecule has 2 aromatic rings.